The molecule has 6 heterocycles. The molecule has 10 nitrogen and oxygen atoms in total. The topological polar surface area (TPSA) is 86.3 Å². The van der Waals surface area contributed by atoms with Crippen LogP contribution >= 0.6 is 34.0 Å². The Bertz CT molecular complexity index is 3300. The lowest BCUT2D eigenvalue weighted by Crippen LogP contribution is -2.15. The molecule has 0 radical (unpaired) electrons. The third kappa shape index (κ3) is 10.6. The Morgan fingerprint density at radius 1 is 0.308 bits per heavy atom. The molecule has 0 amide bonds. The first-order valence-electron chi connectivity index (χ1n) is 27.1. The molecule has 3 aliphatic rings. The summed E-state index contributed by atoms with van der Waals surface area (Å²) in [5, 5.41) is 0. The predicted octanol–water partition coefficient (Wildman–Crippen LogP) is 17.8. The summed E-state index contributed by atoms with van der Waals surface area (Å²) in [5.74, 6) is 7.32. The number of anilines is 3. The lowest BCUT2D eigenvalue weighted by atomic mass is 10.1. The van der Waals surface area contributed by atoms with E-state index in [9.17, 15) is 0 Å². The Morgan fingerprint density at radius 2 is 0.538 bits per heavy atom. The minimum Gasteiger partial charge on any atom is -0.494 e. The van der Waals surface area contributed by atoms with E-state index in [1.165, 1.54) is 0 Å². The van der Waals surface area contributed by atoms with Crippen molar-refractivity contribution in [3.8, 4) is 114 Å². The Kier molecular flexibility index (Phi) is 15.5. The first-order valence-corrected chi connectivity index (χ1v) is 29.6. The molecule has 78 heavy (non-hydrogen) atoms. The number of fused-ring (bicyclic) bond motifs is 3. The molecule has 6 aromatic carbocycles. The maximum Gasteiger partial charge on any atom is 0.180 e. The van der Waals surface area contributed by atoms with Crippen LogP contribution in [0.2, 0.25) is 0 Å². The van der Waals surface area contributed by atoms with Crippen molar-refractivity contribution in [3.05, 3.63) is 146 Å². The van der Waals surface area contributed by atoms with Gasteiger partial charge in [0.05, 0.1) is 49.1 Å². The Balaban J connectivity index is 0.888. The normalized spacial score (nSPS) is 13.3. The van der Waals surface area contributed by atoms with Gasteiger partial charge >= 0.3 is 0 Å². The van der Waals surface area contributed by atoms with Crippen LogP contribution in [0.5, 0.6) is 51.7 Å². The van der Waals surface area contributed by atoms with Gasteiger partial charge in [0.1, 0.15) is 56.9 Å². The third-order valence-electron chi connectivity index (χ3n) is 13.7. The average molecular weight is 1100 g/mol. The highest BCUT2D eigenvalue weighted by Crippen LogP contribution is 2.57. The Labute approximate surface area is 468 Å². The van der Waals surface area contributed by atoms with Crippen molar-refractivity contribution in [3.63, 3.8) is 0 Å². The van der Waals surface area contributed by atoms with Gasteiger partial charge in [-0.3, -0.25) is 0 Å². The number of hydrogen-bond donors (Lipinski definition) is 0. The number of thiophene rings is 3. The van der Waals surface area contributed by atoms with Crippen molar-refractivity contribution in [2.75, 3.05) is 64.4 Å². The number of unbranched alkanes of at least 4 members (excludes halogenated alkanes) is 2. The molecule has 3 aliphatic heterocycles. The number of rotatable bonds is 20. The summed E-state index contributed by atoms with van der Waals surface area (Å²) in [5.41, 5.74) is 9.31. The predicted molar refractivity (Wildman–Crippen MR) is 317 cm³/mol. The Hall–Kier alpha value is -7.58. The average Bonchev–Trinajstić information content (AvgIpc) is 4.35. The highest BCUT2D eigenvalue weighted by molar-refractivity contribution is 7.20. The largest absolute Gasteiger partial charge is 0.494 e. The summed E-state index contributed by atoms with van der Waals surface area (Å²) >= 11 is 5.07. The van der Waals surface area contributed by atoms with Crippen LogP contribution in [0.3, 0.4) is 0 Å². The van der Waals surface area contributed by atoms with Crippen LogP contribution in [-0.2, 0) is 0 Å². The molecule has 0 N–H and O–H groups in total. The second kappa shape index (κ2) is 23.6. The molecule has 0 aliphatic carbocycles. The second-order valence-corrected chi connectivity index (χ2v) is 22.2. The quantitative estimate of drug-likeness (QED) is 0.0688. The second-order valence-electron chi connectivity index (χ2n) is 19.1. The first-order chi connectivity index (χ1) is 38.5. The van der Waals surface area contributed by atoms with Crippen molar-refractivity contribution in [1.29, 1.82) is 0 Å². The smallest absolute Gasteiger partial charge is 0.180 e. The van der Waals surface area contributed by atoms with Crippen LogP contribution in [0.4, 0.5) is 17.1 Å². The van der Waals surface area contributed by atoms with Gasteiger partial charge in [0.2, 0.25) is 0 Å². The first kappa shape index (κ1) is 51.2. The molecule has 3 aromatic heterocycles. The van der Waals surface area contributed by atoms with E-state index in [0.29, 0.717) is 59.5 Å². The van der Waals surface area contributed by atoms with E-state index in [0.717, 1.165) is 164 Å². The molecule has 0 atom stereocenters. The van der Waals surface area contributed by atoms with Gasteiger partial charge in [-0.15, -0.1) is 34.0 Å². The standard InChI is InChI=1S/C65H61NO9S3/c1-4-7-34-68-52-29-17-46(18-30-52)64-58-55(71-37-40-74-58)61(77-64)43-11-23-49(24-12-43)66(48-21-9-42(10-22-48)60-54-57(73-39-36-70-54)63(76-60)45-15-27-51(28-16-45)67-33-6-3)50-25-13-44(14-26-50)62-56-59(75-41-38-72-56)65(78-62)47-19-31-53(32-20-47)69-35-8-5-2/h9-32H,4-8,33-41H2,1-3H3. The monoisotopic (exact) mass is 1100 g/mol. The van der Waals surface area contributed by atoms with Crippen molar-refractivity contribution >= 4 is 51.1 Å². The summed E-state index contributed by atoms with van der Waals surface area (Å²) in [6, 6.07) is 51.1. The van der Waals surface area contributed by atoms with Gasteiger partial charge in [-0.2, -0.15) is 0 Å². The fourth-order valence-electron chi connectivity index (χ4n) is 9.72. The summed E-state index contributed by atoms with van der Waals surface area (Å²) in [6.07, 6.45) is 5.19. The zero-order valence-corrected chi connectivity index (χ0v) is 46.6. The Morgan fingerprint density at radius 3 is 0.769 bits per heavy atom. The van der Waals surface area contributed by atoms with Crippen molar-refractivity contribution in [1.82, 2.24) is 0 Å². The molecule has 398 valence electrons. The van der Waals surface area contributed by atoms with Gasteiger partial charge in [0.15, 0.2) is 34.5 Å². The van der Waals surface area contributed by atoms with Gasteiger partial charge in [-0.1, -0.05) is 70.0 Å². The fourth-order valence-corrected chi connectivity index (χ4v) is 13.3. The molecule has 0 bridgehead atoms. The van der Waals surface area contributed by atoms with E-state index in [2.05, 4.69) is 135 Å². The van der Waals surface area contributed by atoms with Gasteiger partial charge in [0.25, 0.3) is 0 Å². The summed E-state index contributed by atoms with van der Waals surface area (Å²) in [7, 11) is 0. The van der Waals surface area contributed by atoms with Crippen LogP contribution in [0.15, 0.2) is 146 Å². The van der Waals surface area contributed by atoms with Gasteiger partial charge in [-0.25, -0.2) is 0 Å². The van der Waals surface area contributed by atoms with Crippen LogP contribution in [0, 0.1) is 0 Å². The molecule has 0 saturated heterocycles. The van der Waals surface area contributed by atoms with Gasteiger partial charge < -0.3 is 47.5 Å². The van der Waals surface area contributed by atoms with Crippen LogP contribution in [0.25, 0.3) is 62.6 Å². The number of benzene rings is 6. The van der Waals surface area contributed by atoms with Gasteiger partial charge in [-0.05, 0) is 162 Å². The molecule has 9 aromatic rings. The zero-order chi connectivity index (χ0) is 52.8. The highest BCUT2D eigenvalue weighted by atomic mass is 32.1. The molecule has 0 fully saturated rings. The van der Waals surface area contributed by atoms with Crippen LogP contribution in [0.1, 0.15) is 52.9 Å². The minimum absolute atomic E-state index is 0.491. The highest BCUT2D eigenvalue weighted by Gasteiger charge is 2.30. The minimum atomic E-state index is 0.491. The van der Waals surface area contributed by atoms with Crippen LogP contribution < -0.4 is 47.5 Å². The number of nitrogens with zero attached hydrogens (tertiary/aromatic N) is 1. The van der Waals surface area contributed by atoms with Crippen molar-refractivity contribution in [2.45, 2.75) is 52.9 Å². The van der Waals surface area contributed by atoms with E-state index in [1.54, 1.807) is 34.0 Å². The maximum absolute atomic E-state index is 6.38. The third-order valence-corrected chi connectivity index (χ3v) is 17.5. The molecule has 13 heteroatoms. The molecular weight excluding hydrogens is 1030 g/mol. The lowest BCUT2D eigenvalue weighted by Gasteiger charge is -2.26. The van der Waals surface area contributed by atoms with E-state index in [4.69, 9.17) is 42.6 Å². The summed E-state index contributed by atoms with van der Waals surface area (Å²) in [4.78, 5) is 8.50. The lowest BCUT2D eigenvalue weighted by molar-refractivity contribution is 0.175. The zero-order valence-electron chi connectivity index (χ0n) is 44.1. The van der Waals surface area contributed by atoms with Crippen molar-refractivity contribution < 1.29 is 42.6 Å². The van der Waals surface area contributed by atoms with Gasteiger partial charge in [0, 0.05) is 17.1 Å². The SMILES string of the molecule is CCCCOc1ccc(-c2sc(-c3ccc(N(c4ccc(-c5sc(-c6ccc(OCCC)cc6)c6c5OCCO6)cc4)c4ccc(-c5sc(-c6ccc(OCCCC)cc6)c6c5OCCO6)cc4)cc3)c3c2OCCO3)cc1. The molecule has 0 spiro atoms. The number of ether oxygens (including phenoxy) is 9. The number of hydrogen-bond acceptors (Lipinski definition) is 13. The fraction of sp³-hybridized carbons (Fsp3) is 0.262. The van der Waals surface area contributed by atoms with Crippen LogP contribution in [-0.4, -0.2) is 59.5 Å². The van der Waals surface area contributed by atoms with E-state index >= 15 is 0 Å². The van der Waals surface area contributed by atoms with E-state index in [1.807, 2.05) is 36.4 Å². The summed E-state index contributed by atoms with van der Waals surface area (Å²) < 4.78 is 56.0. The molecule has 12 rings (SSSR count). The van der Waals surface area contributed by atoms with Crippen molar-refractivity contribution in [2.24, 2.45) is 0 Å². The molecule has 0 saturated carbocycles. The maximum atomic E-state index is 6.38. The van der Waals surface area contributed by atoms with E-state index in [-0.39, 0.29) is 0 Å². The molecule has 0 unspecified atom stereocenters. The van der Waals surface area contributed by atoms with E-state index < -0.39 is 0 Å². The summed E-state index contributed by atoms with van der Waals surface area (Å²) in [6.45, 7) is 11.5. The molecular formula is C65H61NO9S3.